The molecule has 0 unspecified atom stereocenters. The van der Waals surface area contributed by atoms with Crippen LogP contribution in [-0.4, -0.2) is 50.8 Å². The maximum absolute atomic E-state index is 12.9. The van der Waals surface area contributed by atoms with Crippen LogP contribution in [0.25, 0.3) is 0 Å². The van der Waals surface area contributed by atoms with E-state index in [1.807, 2.05) is 25.2 Å². The molecule has 1 N–H and O–H groups in total. The van der Waals surface area contributed by atoms with Crippen molar-refractivity contribution < 1.29 is 14.3 Å². The molecule has 0 atom stereocenters. The molecule has 130 valence electrons. The molecule has 1 saturated heterocycles. The van der Waals surface area contributed by atoms with Crippen molar-refractivity contribution >= 4 is 34.2 Å². The number of piperidine rings is 1. The van der Waals surface area contributed by atoms with Crippen LogP contribution >= 0.6 is 28.3 Å². The number of likely N-dealkylation sites (N-methyl/N-ethyl adjacent to an activating group) is 1. The second-order valence-electron chi connectivity index (χ2n) is 5.57. The van der Waals surface area contributed by atoms with Gasteiger partial charge in [0.1, 0.15) is 11.4 Å². The van der Waals surface area contributed by atoms with Crippen molar-refractivity contribution in [3.05, 3.63) is 28.2 Å². The number of hydrogen-bond acceptors (Lipinski definition) is 4. The molecule has 0 aliphatic carbocycles. The summed E-state index contributed by atoms with van der Waals surface area (Å²) in [6, 6.07) is 5.80. The molecule has 0 aromatic heterocycles. The summed E-state index contributed by atoms with van der Waals surface area (Å²) in [7, 11) is 5.07. The molecule has 1 fully saturated rings. The number of amides is 1. The Labute approximate surface area is 152 Å². The minimum Gasteiger partial charge on any atom is -0.496 e. The first-order valence-electron chi connectivity index (χ1n) is 7.36. The minimum atomic E-state index is -0.709. The lowest BCUT2D eigenvalue weighted by Gasteiger charge is -2.37. The second-order valence-corrected chi connectivity index (χ2v) is 6.48. The molecule has 23 heavy (non-hydrogen) atoms. The smallest absolute Gasteiger partial charge is 0.254 e. The van der Waals surface area contributed by atoms with Crippen LogP contribution in [0.4, 0.5) is 0 Å². The Balaban J connectivity index is 0.00000264. The number of halogens is 2. The Kier molecular flexibility index (Phi) is 7.80. The highest BCUT2D eigenvalue weighted by atomic mass is 79.9. The number of hydrogen-bond donors (Lipinski definition) is 1. The molecule has 1 aliphatic heterocycles. The Morgan fingerprint density at radius 2 is 2.00 bits per heavy atom. The first-order chi connectivity index (χ1) is 10.5. The molecule has 1 aliphatic rings. The van der Waals surface area contributed by atoms with Gasteiger partial charge in [-0.25, -0.2) is 0 Å². The van der Waals surface area contributed by atoms with Gasteiger partial charge in [0.25, 0.3) is 5.91 Å². The van der Waals surface area contributed by atoms with Gasteiger partial charge in [-0.2, -0.15) is 0 Å². The predicted octanol–water partition coefficient (Wildman–Crippen LogP) is 2.61. The molecule has 1 aromatic rings. The summed E-state index contributed by atoms with van der Waals surface area (Å²) in [5.74, 6) is 0.804. The maximum Gasteiger partial charge on any atom is 0.254 e. The third kappa shape index (κ3) is 4.59. The maximum atomic E-state index is 12.9. The Morgan fingerprint density at radius 1 is 1.35 bits per heavy atom. The van der Waals surface area contributed by atoms with Crippen LogP contribution in [0, 0.1) is 0 Å². The molecule has 0 bridgehead atoms. The topological polar surface area (TPSA) is 50.8 Å². The predicted molar refractivity (Wildman–Crippen MR) is 96.3 cm³/mol. The Bertz CT molecular complexity index is 536. The monoisotopic (exact) mass is 406 g/mol. The zero-order chi connectivity index (χ0) is 16.2. The molecule has 5 nitrogen and oxygen atoms in total. The molecule has 1 aromatic carbocycles. The minimum absolute atomic E-state index is 0. The number of methoxy groups -OCH3 is 2. The van der Waals surface area contributed by atoms with E-state index in [0.29, 0.717) is 19.4 Å². The van der Waals surface area contributed by atoms with E-state index in [2.05, 4.69) is 21.2 Å². The van der Waals surface area contributed by atoms with Crippen LogP contribution in [0.5, 0.6) is 5.75 Å². The van der Waals surface area contributed by atoms with Crippen molar-refractivity contribution in [2.24, 2.45) is 0 Å². The van der Waals surface area contributed by atoms with Crippen LogP contribution in [-0.2, 0) is 16.1 Å². The summed E-state index contributed by atoms with van der Waals surface area (Å²) in [5, 5.41) is 3.27. The van der Waals surface area contributed by atoms with Crippen molar-refractivity contribution in [3.63, 3.8) is 0 Å². The van der Waals surface area contributed by atoms with Gasteiger partial charge in [0, 0.05) is 30.7 Å². The number of carbonyl (C=O) groups is 1. The summed E-state index contributed by atoms with van der Waals surface area (Å²) in [6.07, 6.45) is 1.39. The van der Waals surface area contributed by atoms with E-state index >= 15 is 0 Å². The lowest BCUT2D eigenvalue weighted by Crippen LogP contribution is -2.54. The largest absolute Gasteiger partial charge is 0.496 e. The zero-order valence-corrected chi connectivity index (χ0v) is 16.1. The zero-order valence-electron chi connectivity index (χ0n) is 13.7. The molecule has 1 amide bonds. The number of ether oxygens (including phenoxy) is 2. The highest BCUT2D eigenvalue weighted by Gasteiger charge is 2.41. The van der Waals surface area contributed by atoms with Crippen LogP contribution < -0.4 is 10.1 Å². The molecular weight excluding hydrogens is 384 g/mol. The number of nitrogens with one attached hydrogen (secondary N) is 1. The fraction of sp³-hybridized carbons (Fsp3) is 0.562. The summed E-state index contributed by atoms with van der Waals surface area (Å²) in [6.45, 7) is 2.08. The van der Waals surface area contributed by atoms with Crippen LogP contribution in [0.1, 0.15) is 18.4 Å². The van der Waals surface area contributed by atoms with Gasteiger partial charge in [-0.15, -0.1) is 12.4 Å². The molecule has 0 spiro atoms. The highest BCUT2D eigenvalue weighted by Crippen LogP contribution is 2.28. The van der Waals surface area contributed by atoms with Gasteiger partial charge < -0.3 is 19.7 Å². The van der Waals surface area contributed by atoms with E-state index in [-0.39, 0.29) is 18.3 Å². The summed E-state index contributed by atoms with van der Waals surface area (Å²) < 4.78 is 12.0. The first-order valence-corrected chi connectivity index (χ1v) is 8.15. The fourth-order valence-corrected chi connectivity index (χ4v) is 3.29. The number of nitrogens with zero attached hydrogens (tertiary/aromatic N) is 1. The molecular formula is C16H24BrClN2O3. The molecule has 2 rings (SSSR count). The van der Waals surface area contributed by atoms with Gasteiger partial charge in [-0.1, -0.05) is 15.9 Å². The van der Waals surface area contributed by atoms with E-state index < -0.39 is 5.60 Å². The van der Waals surface area contributed by atoms with Gasteiger partial charge in [0.2, 0.25) is 0 Å². The van der Waals surface area contributed by atoms with E-state index in [0.717, 1.165) is 28.9 Å². The normalized spacial score (nSPS) is 16.3. The Morgan fingerprint density at radius 3 is 2.57 bits per heavy atom. The first kappa shape index (κ1) is 20.2. The van der Waals surface area contributed by atoms with Crippen molar-refractivity contribution in [2.45, 2.75) is 25.0 Å². The average Bonchev–Trinajstić information content (AvgIpc) is 2.55. The SMILES string of the molecule is COc1ccc(Br)cc1CN(C)C(=O)C1(OC)CCNCC1.Cl. The lowest BCUT2D eigenvalue weighted by molar-refractivity contribution is -0.157. The second kappa shape index (κ2) is 8.87. The summed E-state index contributed by atoms with van der Waals surface area (Å²) >= 11 is 3.46. The van der Waals surface area contributed by atoms with E-state index in [1.165, 1.54) is 0 Å². The van der Waals surface area contributed by atoms with Crippen molar-refractivity contribution in [3.8, 4) is 5.75 Å². The van der Waals surface area contributed by atoms with Crippen LogP contribution in [0.3, 0.4) is 0 Å². The standard InChI is InChI=1S/C16H23BrN2O3.ClH/c1-19(11-12-10-13(17)4-5-14(12)21-2)15(20)16(22-3)6-8-18-9-7-16;/h4-5,10,18H,6-9,11H2,1-3H3;1H. The molecule has 0 saturated carbocycles. The van der Waals surface area contributed by atoms with Gasteiger partial charge >= 0.3 is 0 Å². The van der Waals surface area contributed by atoms with Crippen molar-refractivity contribution in [1.82, 2.24) is 10.2 Å². The van der Waals surface area contributed by atoms with E-state index in [4.69, 9.17) is 9.47 Å². The number of carbonyl (C=O) groups excluding carboxylic acids is 1. The van der Waals surface area contributed by atoms with E-state index in [9.17, 15) is 4.79 Å². The summed E-state index contributed by atoms with van der Waals surface area (Å²) in [5.41, 5.74) is 0.257. The van der Waals surface area contributed by atoms with Crippen LogP contribution in [0.2, 0.25) is 0 Å². The van der Waals surface area contributed by atoms with Gasteiger partial charge in [0.05, 0.1) is 7.11 Å². The Hall–Kier alpha value is -0.820. The van der Waals surface area contributed by atoms with Gasteiger partial charge in [-0.05, 0) is 44.1 Å². The molecule has 1 heterocycles. The van der Waals surface area contributed by atoms with Gasteiger partial charge in [0.15, 0.2) is 0 Å². The van der Waals surface area contributed by atoms with Crippen LogP contribution in [0.15, 0.2) is 22.7 Å². The fourth-order valence-electron chi connectivity index (χ4n) is 2.88. The number of benzene rings is 1. The van der Waals surface area contributed by atoms with Crippen molar-refractivity contribution in [1.29, 1.82) is 0 Å². The van der Waals surface area contributed by atoms with E-state index in [1.54, 1.807) is 19.1 Å². The lowest BCUT2D eigenvalue weighted by atomic mass is 9.90. The third-order valence-electron chi connectivity index (χ3n) is 4.19. The quantitative estimate of drug-likeness (QED) is 0.815. The average molecular weight is 408 g/mol. The highest BCUT2D eigenvalue weighted by molar-refractivity contribution is 9.10. The van der Waals surface area contributed by atoms with Gasteiger partial charge in [-0.3, -0.25) is 4.79 Å². The third-order valence-corrected chi connectivity index (χ3v) is 4.68. The molecule has 7 heteroatoms. The van der Waals surface area contributed by atoms with Crippen molar-refractivity contribution in [2.75, 3.05) is 34.4 Å². The molecule has 0 radical (unpaired) electrons. The number of rotatable bonds is 5. The summed E-state index contributed by atoms with van der Waals surface area (Å²) in [4.78, 5) is 14.6.